The van der Waals surface area contributed by atoms with Gasteiger partial charge in [0.05, 0.1) is 0 Å². The molecule has 1 fully saturated rings. The van der Waals surface area contributed by atoms with Crippen LogP contribution in [0.2, 0.25) is 0 Å². The van der Waals surface area contributed by atoms with Gasteiger partial charge < -0.3 is 16.0 Å². The Kier molecular flexibility index (Phi) is 6.48. The molecule has 5 nitrogen and oxygen atoms in total. The first kappa shape index (κ1) is 16.5. The molecule has 0 radical (unpaired) electrons. The van der Waals surface area contributed by atoms with Crippen LogP contribution in [0, 0.1) is 0 Å². The van der Waals surface area contributed by atoms with Gasteiger partial charge in [-0.1, -0.05) is 0 Å². The summed E-state index contributed by atoms with van der Waals surface area (Å²) in [6.07, 6.45) is 1.94. The van der Waals surface area contributed by atoms with Crippen molar-refractivity contribution < 1.29 is 9.59 Å². The quantitative estimate of drug-likeness (QED) is 0.793. The first-order valence-corrected chi connectivity index (χ1v) is 6.54. The molecule has 110 valence electrons. The molecule has 1 aromatic carbocycles. The number of amides is 2. The number of anilines is 1. The normalized spacial score (nSPS) is 15.1. The van der Waals surface area contributed by atoms with Crippen molar-refractivity contribution in [3.8, 4) is 0 Å². The fourth-order valence-corrected chi connectivity index (χ4v) is 2.14. The third-order valence-corrected chi connectivity index (χ3v) is 3.14. The minimum Gasteiger partial charge on any atom is -0.349 e. The fraction of sp³-hybridized carbons (Fsp3) is 0.429. The number of rotatable bonds is 3. The van der Waals surface area contributed by atoms with Crippen molar-refractivity contribution in [2.24, 2.45) is 0 Å². The number of halogens is 1. The lowest BCUT2D eigenvalue weighted by Gasteiger charge is -2.23. The van der Waals surface area contributed by atoms with Crippen molar-refractivity contribution in [1.29, 1.82) is 0 Å². The Labute approximate surface area is 124 Å². The second-order valence-electron chi connectivity index (χ2n) is 4.76. The molecule has 1 saturated heterocycles. The zero-order chi connectivity index (χ0) is 13.7. The van der Waals surface area contributed by atoms with E-state index in [1.165, 1.54) is 6.92 Å². The van der Waals surface area contributed by atoms with Crippen LogP contribution >= 0.6 is 12.4 Å². The second kappa shape index (κ2) is 7.87. The second-order valence-corrected chi connectivity index (χ2v) is 4.76. The standard InChI is InChI=1S/C14H19N3O2.ClH/c1-10(18)16-12-4-2-11(3-5-12)14(19)17-13-6-8-15-9-7-13;/h2-5,13,15H,6-9H2,1H3,(H,16,18)(H,17,19);1H. The molecule has 0 bridgehead atoms. The lowest BCUT2D eigenvalue weighted by molar-refractivity contribution is -0.114. The average Bonchev–Trinajstić information content (AvgIpc) is 2.40. The summed E-state index contributed by atoms with van der Waals surface area (Å²) in [5.41, 5.74) is 1.32. The molecule has 0 atom stereocenters. The van der Waals surface area contributed by atoms with Gasteiger partial charge in [0.25, 0.3) is 5.91 Å². The molecular formula is C14H20ClN3O2. The molecule has 1 aliphatic heterocycles. The molecule has 1 aromatic rings. The highest BCUT2D eigenvalue weighted by Gasteiger charge is 2.16. The third-order valence-electron chi connectivity index (χ3n) is 3.14. The van der Waals surface area contributed by atoms with Crippen LogP contribution in [-0.2, 0) is 4.79 Å². The van der Waals surface area contributed by atoms with E-state index in [1.807, 2.05) is 0 Å². The van der Waals surface area contributed by atoms with Gasteiger partial charge in [0.2, 0.25) is 5.91 Å². The van der Waals surface area contributed by atoms with Crippen molar-refractivity contribution in [3.63, 3.8) is 0 Å². The Morgan fingerprint density at radius 2 is 1.75 bits per heavy atom. The predicted molar refractivity (Wildman–Crippen MR) is 81.4 cm³/mol. The van der Waals surface area contributed by atoms with Gasteiger partial charge in [0, 0.05) is 24.2 Å². The molecule has 0 aromatic heterocycles. The van der Waals surface area contributed by atoms with E-state index in [0.717, 1.165) is 25.9 Å². The summed E-state index contributed by atoms with van der Waals surface area (Å²) in [4.78, 5) is 22.9. The molecule has 1 aliphatic rings. The number of nitrogens with one attached hydrogen (secondary N) is 3. The lowest BCUT2D eigenvalue weighted by atomic mass is 10.1. The van der Waals surface area contributed by atoms with Gasteiger partial charge in [0.15, 0.2) is 0 Å². The monoisotopic (exact) mass is 297 g/mol. The molecule has 0 aliphatic carbocycles. The number of piperidine rings is 1. The fourth-order valence-electron chi connectivity index (χ4n) is 2.14. The summed E-state index contributed by atoms with van der Waals surface area (Å²) in [6.45, 7) is 3.36. The van der Waals surface area contributed by atoms with E-state index < -0.39 is 0 Å². The highest BCUT2D eigenvalue weighted by atomic mass is 35.5. The van der Waals surface area contributed by atoms with E-state index in [0.29, 0.717) is 11.3 Å². The van der Waals surface area contributed by atoms with Crippen LogP contribution in [0.5, 0.6) is 0 Å². The van der Waals surface area contributed by atoms with E-state index in [2.05, 4.69) is 16.0 Å². The summed E-state index contributed by atoms with van der Waals surface area (Å²) >= 11 is 0. The van der Waals surface area contributed by atoms with Crippen LogP contribution in [0.15, 0.2) is 24.3 Å². The Morgan fingerprint density at radius 1 is 1.15 bits per heavy atom. The summed E-state index contributed by atoms with van der Waals surface area (Å²) in [6, 6.07) is 7.17. The summed E-state index contributed by atoms with van der Waals surface area (Å²) in [7, 11) is 0. The Bertz CT molecular complexity index is 456. The van der Waals surface area contributed by atoms with Crippen LogP contribution in [0.4, 0.5) is 5.69 Å². The molecule has 0 spiro atoms. The van der Waals surface area contributed by atoms with Gasteiger partial charge in [-0.25, -0.2) is 0 Å². The molecule has 3 N–H and O–H groups in total. The maximum atomic E-state index is 12.0. The Balaban J connectivity index is 0.00000200. The maximum absolute atomic E-state index is 12.0. The van der Waals surface area contributed by atoms with E-state index in [4.69, 9.17) is 0 Å². The minimum absolute atomic E-state index is 0. The van der Waals surface area contributed by atoms with Crippen LogP contribution in [0.3, 0.4) is 0 Å². The van der Waals surface area contributed by atoms with E-state index >= 15 is 0 Å². The number of hydrogen-bond acceptors (Lipinski definition) is 3. The highest BCUT2D eigenvalue weighted by molar-refractivity contribution is 5.95. The van der Waals surface area contributed by atoms with Crippen LogP contribution in [-0.4, -0.2) is 30.9 Å². The zero-order valence-corrected chi connectivity index (χ0v) is 12.3. The van der Waals surface area contributed by atoms with Gasteiger partial charge >= 0.3 is 0 Å². The number of hydrogen-bond donors (Lipinski definition) is 3. The van der Waals surface area contributed by atoms with Gasteiger partial charge in [-0.15, -0.1) is 12.4 Å². The van der Waals surface area contributed by atoms with Gasteiger partial charge in [0.1, 0.15) is 0 Å². The molecule has 0 saturated carbocycles. The number of carbonyl (C=O) groups is 2. The summed E-state index contributed by atoms with van der Waals surface area (Å²) < 4.78 is 0. The van der Waals surface area contributed by atoms with Gasteiger partial charge in [-0.3, -0.25) is 9.59 Å². The Hall–Kier alpha value is -1.59. The first-order valence-electron chi connectivity index (χ1n) is 6.54. The van der Waals surface area contributed by atoms with Crippen molar-refractivity contribution in [2.75, 3.05) is 18.4 Å². The van der Waals surface area contributed by atoms with E-state index in [9.17, 15) is 9.59 Å². The van der Waals surface area contributed by atoms with Crippen LogP contribution in [0.1, 0.15) is 30.1 Å². The van der Waals surface area contributed by atoms with E-state index in [-0.39, 0.29) is 30.3 Å². The molecule has 0 unspecified atom stereocenters. The molecule has 6 heteroatoms. The third kappa shape index (κ3) is 4.83. The van der Waals surface area contributed by atoms with Crippen molar-refractivity contribution in [3.05, 3.63) is 29.8 Å². The maximum Gasteiger partial charge on any atom is 0.251 e. The van der Waals surface area contributed by atoms with Crippen molar-refractivity contribution in [2.45, 2.75) is 25.8 Å². The topological polar surface area (TPSA) is 70.2 Å². The van der Waals surface area contributed by atoms with Gasteiger partial charge in [-0.05, 0) is 50.2 Å². The number of benzene rings is 1. The van der Waals surface area contributed by atoms with E-state index in [1.54, 1.807) is 24.3 Å². The minimum atomic E-state index is -0.119. The largest absolute Gasteiger partial charge is 0.349 e. The summed E-state index contributed by atoms with van der Waals surface area (Å²) in [5, 5.41) is 8.96. The molecule has 2 rings (SSSR count). The van der Waals surface area contributed by atoms with Crippen molar-refractivity contribution in [1.82, 2.24) is 10.6 Å². The zero-order valence-electron chi connectivity index (χ0n) is 11.4. The molecule has 20 heavy (non-hydrogen) atoms. The molecule has 1 heterocycles. The van der Waals surface area contributed by atoms with Crippen molar-refractivity contribution >= 4 is 29.9 Å². The van der Waals surface area contributed by atoms with Gasteiger partial charge in [-0.2, -0.15) is 0 Å². The summed E-state index contributed by atoms with van der Waals surface area (Å²) in [5.74, 6) is -0.173. The lowest BCUT2D eigenvalue weighted by Crippen LogP contribution is -2.42. The smallest absolute Gasteiger partial charge is 0.251 e. The van der Waals surface area contributed by atoms with Crippen LogP contribution < -0.4 is 16.0 Å². The SMILES string of the molecule is CC(=O)Nc1ccc(C(=O)NC2CCNCC2)cc1.Cl. The molecule has 2 amide bonds. The highest BCUT2D eigenvalue weighted by Crippen LogP contribution is 2.10. The Morgan fingerprint density at radius 3 is 2.30 bits per heavy atom. The first-order chi connectivity index (χ1) is 9.15. The van der Waals surface area contributed by atoms with Crippen LogP contribution in [0.25, 0.3) is 0 Å². The predicted octanol–water partition coefficient (Wildman–Crippen LogP) is 1.55. The molecular weight excluding hydrogens is 278 g/mol. The average molecular weight is 298 g/mol. The number of carbonyl (C=O) groups excluding carboxylic acids is 2.